The third-order valence-electron chi connectivity index (χ3n) is 5.60. The first-order chi connectivity index (χ1) is 12.5. The molecule has 0 spiro atoms. The average molecular weight is 356 g/mol. The maximum absolute atomic E-state index is 12.6. The molecule has 3 rings (SSSR count). The van der Waals surface area contributed by atoms with Gasteiger partial charge in [-0.05, 0) is 30.7 Å². The molecule has 1 aromatic carbocycles. The Labute approximate surface area is 154 Å². The van der Waals surface area contributed by atoms with E-state index in [4.69, 9.17) is 11.1 Å². The first-order valence-electron chi connectivity index (χ1n) is 9.55. The van der Waals surface area contributed by atoms with Crippen LogP contribution in [0.4, 0.5) is 0 Å². The Bertz CT molecular complexity index is 667. The molecule has 0 aromatic heterocycles. The van der Waals surface area contributed by atoms with Crippen molar-refractivity contribution in [1.29, 1.82) is 5.41 Å². The first-order valence-corrected chi connectivity index (χ1v) is 9.55. The van der Waals surface area contributed by atoms with Crippen molar-refractivity contribution in [2.24, 2.45) is 11.7 Å². The van der Waals surface area contributed by atoms with Crippen LogP contribution in [0.5, 0.6) is 0 Å². The second kappa shape index (κ2) is 8.34. The second-order valence-corrected chi connectivity index (χ2v) is 7.41. The van der Waals surface area contributed by atoms with Gasteiger partial charge in [-0.15, -0.1) is 0 Å². The van der Waals surface area contributed by atoms with E-state index in [0.29, 0.717) is 31.0 Å². The van der Waals surface area contributed by atoms with Gasteiger partial charge in [0.25, 0.3) is 0 Å². The highest BCUT2D eigenvalue weighted by molar-refractivity contribution is 5.94. The number of amidine groups is 1. The molecule has 0 radical (unpaired) electrons. The molecule has 6 nitrogen and oxygen atoms in total. The van der Waals surface area contributed by atoms with Gasteiger partial charge in [0.2, 0.25) is 11.8 Å². The van der Waals surface area contributed by atoms with Crippen LogP contribution in [0.15, 0.2) is 24.3 Å². The van der Waals surface area contributed by atoms with Gasteiger partial charge in [-0.3, -0.25) is 15.0 Å². The van der Waals surface area contributed by atoms with E-state index in [9.17, 15) is 9.59 Å². The zero-order chi connectivity index (χ0) is 18.5. The number of hydrogen-bond donors (Lipinski definition) is 3. The molecule has 1 aliphatic carbocycles. The van der Waals surface area contributed by atoms with Crippen molar-refractivity contribution in [2.45, 2.75) is 57.5 Å². The predicted molar refractivity (Wildman–Crippen MR) is 101 cm³/mol. The monoisotopic (exact) mass is 356 g/mol. The van der Waals surface area contributed by atoms with E-state index >= 15 is 0 Å². The van der Waals surface area contributed by atoms with Crippen molar-refractivity contribution < 1.29 is 9.59 Å². The number of carbonyl (C=O) groups is 2. The Morgan fingerprint density at radius 1 is 1.15 bits per heavy atom. The Hall–Kier alpha value is -2.37. The molecule has 1 atom stereocenters. The summed E-state index contributed by atoms with van der Waals surface area (Å²) in [7, 11) is 0. The maximum atomic E-state index is 12.6. The Morgan fingerprint density at radius 2 is 1.88 bits per heavy atom. The summed E-state index contributed by atoms with van der Waals surface area (Å²) in [5, 5.41) is 10.3. The predicted octanol–water partition coefficient (Wildman–Crippen LogP) is 2.16. The molecule has 1 unspecified atom stereocenters. The largest absolute Gasteiger partial charge is 0.384 e. The Kier molecular flexibility index (Phi) is 5.91. The number of likely N-dealkylation sites (tertiary alicyclic amines) is 1. The fourth-order valence-electron chi connectivity index (χ4n) is 3.70. The van der Waals surface area contributed by atoms with Gasteiger partial charge in [0.05, 0.1) is 0 Å². The van der Waals surface area contributed by atoms with Gasteiger partial charge >= 0.3 is 0 Å². The summed E-state index contributed by atoms with van der Waals surface area (Å²) in [5.41, 5.74) is 7.06. The molecule has 1 heterocycles. The topological polar surface area (TPSA) is 99.3 Å². The van der Waals surface area contributed by atoms with Crippen molar-refractivity contribution in [3.05, 3.63) is 35.4 Å². The average Bonchev–Trinajstić information content (AvgIpc) is 3.08. The van der Waals surface area contributed by atoms with E-state index < -0.39 is 0 Å². The molecule has 1 saturated carbocycles. The normalized spacial score (nSPS) is 19.8. The van der Waals surface area contributed by atoms with Crippen LogP contribution in [0.2, 0.25) is 0 Å². The van der Waals surface area contributed by atoms with Crippen molar-refractivity contribution in [3.8, 4) is 0 Å². The number of nitrogens with two attached hydrogens (primary N) is 1. The molecule has 26 heavy (non-hydrogen) atoms. The summed E-state index contributed by atoms with van der Waals surface area (Å²) < 4.78 is 0. The molecule has 6 heteroatoms. The zero-order valence-corrected chi connectivity index (χ0v) is 15.2. The van der Waals surface area contributed by atoms with E-state index in [1.807, 2.05) is 12.1 Å². The third kappa shape index (κ3) is 4.42. The minimum atomic E-state index is -0.333. The van der Waals surface area contributed by atoms with E-state index in [-0.39, 0.29) is 23.7 Å². The lowest BCUT2D eigenvalue weighted by molar-refractivity contribution is -0.138. The molecular weight excluding hydrogens is 328 g/mol. The highest BCUT2D eigenvalue weighted by Crippen LogP contribution is 2.31. The number of amides is 2. The molecule has 2 fully saturated rings. The van der Waals surface area contributed by atoms with Crippen LogP contribution in [0.25, 0.3) is 0 Å². The lowest BCUT2D eigenvalue weighted by atomic mass is 9.82. The standard InChI is InChI=1S/C20H28N4O2/c21-19(22)16-9-6-15(7-10-16)13-23-20(26)17-5-2-12-24(17)18(25)11-8-14-3-1-4-14/h6-7,9-10,14,17H,1-5,8,11-13H2,(H3,21,22)(H,23,26). The van der Waals surface area contributed by atoms with Gasteiger partial charge in [0, 0.05) is 25.1 Å². The number of benzene rings is 1. The fraction of sp³-hybridized carbons (Fsp3) is 0.550. The van der Waals surface area contributed by atoms with Crippen LogP contribution in [-0.2, 0) is 16.1 Å². The highest BCUT2D eigenvalue weighted by Gasteiger charge is 2.34. The molecule has 0 bridgehead atoms. The molecule has 1 aromatic rings. The Morgan fingerprint density at radius 3 is 2.50 bits per heavy atom. The van der Waals surface area contributed by atoms with Gasteiger partial charge < -0.3 is 16.0 Å². The maximum Gasteiger partial charge on any atom is 0.243 e. The van der Waals surface area contributed by atoms with Crippen LogP contribution in [-0.4, -0.2) is 35.1 Å². The third-order valence-corrected chi connectivity index (χ3v) is 5.60. The van der Waals surface area contributed by atoms with Crippen LogP contribution in [0.1, 0.15) is 56.1 Å². The second-order valence-electron chi connectivity index (χ2n) is 7.41. The van der Waals surface area contributed by atoms with E-state index in [2.05, 4.69) is 5.32 Å². The SMILES string of the molecule is N=C(N)c1ccc(CNC(=O)C2CCCN2C(=O)CCC2CCC2)cc1. The molecule has 1 saturated heterocycles. The van der Waals surface area contributed by atoms with Crippen LogP contribution >= 0.6 is 0 Å². The number of nitrogens with one attached hydrogen (secondary N) is 2. The molecule has 2 aliphatic rings. The minimum Gasteiger partial charge on any atom is -0.384 e. The first kappa shape index (κ1) is 18.4. The molecule has 4 N–H and O–H groups in total. The summed E-state index contributed by atoms with van der Waals surface area (Å²) in [5.74, 6) is 0.796. The lowest BCUT2D eigenvalue weighted by Crippen LogP contribution is -2.45. The van der Waals surface area contributed by atoms with Crippen LogP contribution in [0.3, 0.4) is 0 Å². The van der Waals surface area contributed by atoms with Gasteiger partial charge in [-0.25, -0.2) is 0 Å². The highest BCUT2D eigenvalue weighted by atomic mass is 16.2. The molecule has 140 valence electrons. The van der Waals surface area contributed by atoms with E-state index in [1.54, 1.807) is 17.0 Å². The van der Waals surface area contributed by atoms with E-state index in [0.717, 1.165) is 24.8 Å². The zero-order valence-electron chi connectivity index (χ0n) is 15.2. The van der Waals surface area contributed by atoms with Gasteiger partial charge in [-0.1, -0.05) is 43.5 Å². The van der Waals surface area contributed by atoms with Crippen LogP contribution in [0, 0.1) is 11.3 Å². The summed E-state index contributed by atoms with van der Waals surface area (Å²) >= 11 is 0. The van der Waals surface area contributed by atoms with Crippen molar-refractivity contribution in [3.63, 3.8) is 0 Å². The lowest BCUT2D eigenvalue weighted by Gasteiger charge is -2.28. The van der Waals surface area contributed by atoms with Crippen molar-refractivity contribution in [2.75, 3.05) is 6.54 Å². The summed E-state index contributed by atoms with van der Waals surface area (Å²) in [6, 6.07) is 6.92. The number of rotatable bonds is 7. The number of carbonyl (C=O) groups excluding carboxylic acids is 2. The number of hydrogen-bond acceptors (Lipinski definition) is 3. The summed E-state index contributed by atoms with van der Waals surface area (Å²) in [4.78, 5) is 26.8. The van der Waals surface area contributed by atoms with Gasteiger partial charge in [0.1, 0.15) is 11.9 Å². The van der Waals surface area contributed by atoms with Crippen molar-refractivity contribution >= 4 is 17.6 Å². The molecular formula is C20H28N4O2. The fourth-order valence-corrected chi connectivity index (χ4v) is 3.70. The van der Waals surface area contributed by atoms with E-state index in [1.165, 1.54) is 19.3 Å². The van der Waals surface area contributed by atoms with Crippen LogP contribution < -0.4 is 11.1 Å². The molecule has 1 aliphatic heterocycles. The van der Waals surface area contributed by atoms with Gasteiger partial charge in [-0.2, -0.15) is 0 Å². The smallest absolute Gasteiger partial charge is 0.243 e. The van der Waals surface area contributed by atoms with Crippen molar-refractivity contribution in [1.82, 2.24) is 10.2 Å². The number of nitrogen functional groups attached to an aromatic ring is 1. The quantitative estimate of drug-likeness (QED) is 0.515. The number of nitrogens with zero attached hydrogens (tertiary/aromatic N) is 1. The summed E-state index contributed by atoms with van der Waals surface area (Å²) in [6.45, 7) is 1.10. The summed E-state index contributed by atoms with van der Waals surface area (Å²) in [6.07, 6.45) is 6.96. The molecule has 2 amide bonds. The van der Waals surface area contributed by atoms with Gasteiger partial charge in [0.15, 0.2) is 0 Å². The minimum absolute atomic E-state index is 0.0302. The Balaban J connectivity index is 1.49.